The molecule has 118 valence electrons. The molecule has 0 amide bonds. The predicted octanol–water partition coefficient (Wildman–Crippen LogP) is 2.33. The summed E-state index contributed by atoms with van der Waals surface area (Å²) in [6.07, 6.45) is 0. The van der Waals surface area contributed by atoms with E-state index >= 15 is 0 Å². The van der Waals surface area contributed by atoms with Crippen LogP contribution in [0.2, 0.25) is 0 Å². The van der Waals surface area contributed by atoms with Gasteiger partial charge in [0.2, 0.25) is 6.79 Å². The van der Waals surface area contributed by atoms with Crippen LogP contribution in [0, 0.1) is 11.3 Å². The molecule has 0 saturated heterocycles. The molecule has 0 saturated carbocycles. The molecular formula is C17H17N3O3. The molecule has 0 N–H and O–H groups in total. The second kappa shape index (κ2) is 6.99. The molecule has 0 atom stereocenters. The van der Waals surface area contributed by atoms with Crippen LogP contribution < -0.4 is 14.4 Å². The van der Waals surface area contributed by atoms with Crippen molar-refractivity contribution in [3.05, 3.63) is 47.7 Å². The van der Waals surface area contributed by atoms with Crippen molar-refractivity contribution in [2.75, 3.05) is 32.0 Å². The van der Waals surface area contributed by atoms with Gasteiger partial charge in [-0.2, -0.15) is 5.26 Å². The maximum Gasteiger partial charge on any atom is 0.231 e. The van der Waals surface area contributed by atoms with E-state index in [1.165, 1.54) is 0 Å². The first kappa shape index (κ1) is 15.1. The van der Waals surface area contributed by atoms with Crippen molar-refractivity contribution in [2.45, 2.75) is 6.54 Å². The van der Waals surface area contributed by atoms with Gasteiger partial charge in [-0.05, 0) is 29.8 Å². The number of nitrogens with zero attached hydrogens (tertiary/aromatic N) is 3. The molecule has 0 bridgehead atoms. The van der Waals surface area contributed by atoms with Crippen LogP contribution in [0.3, 0.4) is 0 Å². The van der Waals surface area contributed by atoms with Crippen molar-refractivity contribution in [3.8, 4) is 17.6 Å². The Morgan fingerprint density at radius 3 is 2.96 bits per heavy atom. The Hall–Kier alpha value is -2.78. The Morgan fingerprint density at radius 1 is 1.26 bits per heavy atom. The third-order valence-electron chi connectivity index (χ3n) is 3.55. The van der Waals surface area contributed by atoms with E-state index in [-0.39, 0.29) is 6.79 Å². The number of methoxy groups -OCH3 is 1. The fourth-order valence-corrected chi connectivity index (χ4v) is 2.40. The van der Waals surface area contributed by atoms with Crippen LogP contribution in [0.5, 0.6) is 11.5 Å². The van der Waals surface area contributed by atoms with Gasteiger partial charge in [-0.1, -0.05) is 12.1 Å². The standard InChI is InChI=1S/C17H17N3O3/c1-21-8-7-20(17-4-2-3-14(10-18)19-17)11-13-5-6-15-16(9-13)23-12-22-15/h2-6,9H,7-8,11-12H2,1H3. The molecule has 2 heterocycles. The van der Waals surface area contributed by atoms with Gasteiger partial charge in [0.15, 0.2) is 11.5 Å². The average Bonchev–Trinajstić information content (AvgIpc) is 3.06. The van der Waals surface area contributed by atoms with E-state index in [1.807, 2.05) is 30.3 Å². The minimum absolute atomic E-state index is 0.262. The average molecular weight is 311 g/mol. The lowest BCUT2D eigenvalue weighted by Crippen LogP contribution is -2.27. The van der Waals surface area contributed by atoms with Crippen molar-refractivity contribution in [2.24, 2.45) is 0 Å². The zero-order valence-electron chi connectivity index (χ0n) is 12.9. The number of rotatable bonds is 6. The number of fused-ring (bicyclic) bond motifs is 1. The smallest absolute Gasteiger partial charge is 0.231 e. The molecule has 1 aliphatic rings. The normalized spacial score (nSPS) is 12.0. The minimum atomic E-state index is 0.262. The molecule has 0 fully saturated rings. The monoisotopic (exact) mass is 311 g/mol. The maximum absolute atomic E-state index is 9.03. The Balaban J connectivity index is 1.82. The summed E-state index contributed by atoms with van der Waals surface area (Å²) in [6.45, 7) is 2.15. The summed E-state index contributed by atoms with van der Waals surface area (Å²) < 4.78 is 15.9. The van der Waals surface area contributed by atoms with Gasteiger partial charge in [0, 0.05) is 20.2 Å². The fourth-order valence-electron chi connectivity index (χ4n) is 2.40. The molecule has 0 spiro atoms. The number of ether oxygens (including phenoxy) is 3. The predicted molar refractivity (Wildman–Crippen MR) is 84.4 cm³/mol. The van der Waals surface area contributed by atoms with E-state index < -0.39 is 0 Å². The maximum atomic E-state index is 9.03. The van der Waals surface area contributed by atoms with E-state index in [4.69, 9.17) is 19.5 Å². The lowest BCUT2D eigenvalue weighted by atomic mass is 10.2. The summed E-state index contributed by atoms with van der Waals surface area (Å²) in [5.41, 5.74) is 1.48. The highest BCUT2D eigenvalue weighted by atomic mass is 16.7. The molecule has 0 aliphatic carbocycles. The molecule has 2 aromatic rings. The topological polar surface area (TPSA) is 67.6 Å². The van der Waals surface area contributed by atoms with Gasteiger partial charge in [-0.15, -0.1) is 0 Å². The van der Waals surface area contributed by atoms with Gasteiger partial charge < -0.3 is 19.1 Å². The Kier molecular flexibility index (Phi) is 4.60. The zero-order chi connectivity index (χ0) is 16.1. The van der Waals surface area contributed by atoms with Crippen LogP contribution in [-0.4, -0.2) is 32.0 Å². The number of hydrogen-bond donors (Lipinski definition) is 0. The van der Waals surface area contributed by atoms with Crippen LogP contribution in [0.4, 0.5) is 5.82 Å². The Bertz CT molecular complexity index is 727. The molecule has 23 heavy (non-hydrogen) atoms. The van der Waals surface area contributed by atoms with Crippen molar-refractivity contribution < 1.29 is 14.2 Å². The summed E-state index contributed by atoms with van der Waals surface area (Å²) in [5.74, 6) is 2.27. The number of benzene rings is 1. The van der Waals surface area contributed by atoms with Crippen LogP contribution in [-0.2, 0) is 11.3 Å². The van der Waals surface area contributed by atoms with Crippen molar-refractivity contribution in [1.82, 2.24) is 4.98 Å². The van der Waals surface area contributed by atoms with E-state index in [1.54, 1.807) is 13.2 Å². The summed E-state index contributed by atoms with van der Waals surface area (Å²) in [5, 5.41) is 9.03. The molecule has 6 heteroatoms. The molecule has 6 nitrogen and oxygen atoms in total. The molecule has 1 aromatic carbocycles. The molecule has 1 aromatic heterocycles. The summed E-state index contributed by atoms with van der Waals surface area (Å²) in [4.78, 5) is 6.44. The van der Waals surface area contributed by atoms with E-state index in [9.17, 15) is 0 Å². The highest BCUT2D eigenvalue weighted by molar-refractivity contribution is 5.47. The largest absolute Gasteiger partial charge is 0.454 e. The van der Waals surface area contributed by atoms with E-state index in [0.717, 1.165) is 22.9 Å². The number of hydrogen-bond acceptors (Lipinski definition) is 6. The Morgan fingerprint density at radius 2 is 2.13 bits per heavy atom. The number of anilines is 1. The zero-order valence-corrected chi connectivity index (χ0v) is 12.9. The number of aromatic nitrogens is 1. The van der Waals surface area contributed by atoms with Crippen molar-refractivity contribution >= 4 is 5.82 Å². The quantitative estimate of drug-likeness (QED) is 0.815. The first-order chi connectivity index (χ1) is 11.3. The lowest BCUT2D eigenvalue weighted by Gasteiger charge is -2.23. The second-order valence-electron chi connectivity index (χ2n) is 5.09. The lowest BCUT2D eigenvalue weighted by molar-refractivity contribution is 0.174. The first-order valence-corrected chi connectivity index (χ1v) is 7.30. The molecular weight excluding hydrogens is 294 g/mol. The number of nitriles is 1. The van der Waals surface area contributed by atoms with E-state index in [2.05, 4.69) is 16.0 Å². The van der Waals surface area contributed by atoms with Gasteiger partial charge in [-0.25, -0.2) is 4.98 Å². The highest BCUT2D eigenvalue weighted by Gasteiger charge is 2.15. The summed E-state index contributed by atoms with van der Waals surface area (Å²) >= 11 is 0. The fraction of sp³-hybridized carbons (Fsp3) is 0.294. The van der Waals surface area contributed by atoms with Gasteiger partial charge in [0.25, 0.3) is 0 Å². The summed E-state index contributed by atoms with van der Waals surface area (Å²) in [7, 11) is 1.66. The third kappa shape index (κ3) is 3.52. The molecule has 0 radical (unpaired) electrons. The minimum Gasteiger partial charge on any atom is -0.454 e. The number of pyridine rings is 1. The molecule has 3 rings (SSSR count). The molecule has 1 aliphatic heterocycles. The third-order valence-corrected chi connectivity index (χ3v) is 3.55. The van der Waals surface area contributed by atoms with E-state index in [0.29, 0.717) is 25.4 Å². The Labute approximate surface area is 134 Å². The van der Waals surface area contributed by atoms with Gasteiger partial charge in [-0.3, -0.25) is 0 Å². The summed E-state index contributed by atoms with van der Waals surface area (Å²) in [6, 6.07) is 13.4. The van der Waals surface area contributed by atoms with Crippen molar-refractivity contribution in [3.63, 3.8) is 0 Å². The highest BCUT2D eigenvalue weighted by Crippen LogP contribution is 2.33. The van der Waals surface area contributed by atoms with Gasteiger partial charge >= 0.3 is 0 Å². The van der Waals surface area contributed by atoms with Crippen molar-refractivity contribution in [1.29, 1.82) is 5.26 Å². The first-order valence-electron chi connectivity index (χ1n) is 7.30. The van der Waals surface area contributed by atoms with Crippen LogP contribution in [0.25, 0.3) is 0 Å². The SMILES string of the molecule is COCCN(Cc1ccc2c(c1)OCO2)c1cccc(C#N)n1. The molecule has 0 unspecified atom stereocenters. The van der Waals surface area contributed by atoms with Gasteiger partial charge in [0.05, 0.1) is 6.61 Å². The van der Waals surface area contributed by atoms with Crippen LogP contribution in [0.15, 0.2) is 36.4 Å². The van der Waals surface area contributed by atoms with Gasteiger partial charge in [0.1, 0.15) is 17.6 Å². The van der Waals surface area contributed by atoms with Crippen LogP contribution >= 0.6 is 0 Å². The second-order valence-corrected chi connectivity index (χ2v) is 5.09. The van der Waals surface area contributed by atoms with Crippen LogP contribution in [0.1, 0.15) is 11.3 Å².